The number of anilines is 1. The molecule has 2 aromatic rings. The largest absolute Gasteiger partial charge is 0.352 e. The molecule has 2 rings (SSSR count). The summed E-state index contributed by atoms with van der Waals surface area (Å²) in [4.78, 5) is 27.5. The van der Waals surface area contributed by atoms with Gasteiger partial charge in [0, 0.05) is 30.6 Å². The lowest BCUT2D eigenvalue weighted by molar-refractivity contribution is -0.140. The number of hydrogen-bond acceptors (Lipinski definition) is 4. The predicted molar refractivity (Wildman–Crippen MR) is 147 cm³/mol. The van der Waals surface area contributed by atoms with E-state index in [1.807, 2.05) is 13.8 Å². The lowest BCUT2D eigenvalue weighted by Crippen LogP contribution is -2.49. The van der Waals surface area contributed by atoms with Crippen LogP contribution in [0.15, 0.2) is 36.4 Å². The SMILES string of the molecule is Cc1c(Cl)cccc1N(CCCC(=O)N(Cc1ccc(Cl)c(Cl)c1)[C@@H](C)C(=O)NC(C)C)S(C)(=O)=O. The molecule has 2 aromatic carbocycles. The lowest BCUT2D eigenvalue weighted by atomic mass is 10.1. The fraction of sp³-hybridized carbons (Fsp3) is 0.440. The van der Waals surface area contributed by atoms with E-state index in [1.54, 1.807) is 50.2 Å². The average molecular weight is 577 g/mol. The molecule has 0 aromatic heterocycles. The van der Waals surface area contributed by atoms with E-state index in [9.17, 15) is 18.0 Å². The first-order valence-corrected chi connectivity index (χ1v) is 14.5. The van der Waals surface area contributed by atoms with Crippen LogP contribution in [0.25, 0.3) is 0 Å². The highest BCUT2D eigenvalue weighted by Crippen LogP contribution is 2.29. The van der Waals surface area contributed by atoms with Crippen molar-refractivity contribution in [3.8, 4) is 0 Å². The zero-order valence-electron chi connectivity index (χ0n) is 21.0. The number of sulfonamides is 1. The maximum atomic E-state index is 13.3. The highest BCUT2D eigenvalue weighted by atomic mass is 35.5. The zero-order chi connectivity index (χ0) is 27.2. The van der Waals surface area contributed by atoms with Crippen LogP contribution in [-0.2, 0) is 26.2 Å². The molecule has 2 amide bonds. The second-order valence-corrected chi connectivity index (χ2v) is 12.1. The van der Waals surface area contributed by atoms with E-state index in [0.29, 0.717) is 31.9 Å². The van der Waals surface area contributed by atoms with Gasteiger partial charge in [-0.15, -0.1) is 0 Å². The summed E-state index contributed by atoms with van der Waals surface area (Å²) in [5.74, 6) is -0.575. The average Bonchev–Trinajstić information content (AvgIpc) is 2.77. The van der Waals surface area contributed by atoms with Gasteiger partial charge in [-0.25, -0.2) is 8.42 Å². The maximum absolute atomic E-state index is 13.3. The van der Waals surface area contributed by atoms with E-state index in [4.69, 9.17) is 34.8 Å². The summed E-state index contributed by atoms with van der Waals surface area (Å²) in [5, 5.41) is 4.02. The summed E-state index contributed by atoms with van der Waals surface area (Å²) in [6.45, 7) is 7.31. The number of rotatable bonds is 11. The van der Waals surface area contributed by atoms with E-state index in [1.165, 1.54) is 9.21 Å². The number of benzene rings is 2. The van der Waals surface area contributed by atoms with Crippen molar-refractivity contribution in [3.05, 3.63) is 62.6 Å². The molecule has 0 aliphatic rings. The van der Waals surface area contributed by atoms with E-state index < -0.39 is 16.1 Å². The van der Waals surface area contributed by atoms with Crippen LogP contribution in [0.5, 0.6) is 0 Å². The monoisotopic (exact) mass is 575 g/mol. The van der Waals surface area contributed by atoms with Crippen LogP contribution in [0.3, 0.4) is 0 Å². The quantitative estimate of drug-likeness (QED) is 0.386. The minimum atomic E-state index is -3.62. The molecule has 0 radical (unpaired) electrons. The molecule has 36 heavy (non-hydrogen) atoms. The van der Waals surface area contributed by atoms with Crippen LogP contribution in [0.2, 0.25) is 15.1 Å². The summed E-state index contributed by atoms with van der Waals surface area (Å²) < 4.78 is 26.3. The maximum Gasteiger partial charge on any atom is 0.242 e. The number of carbonyl (C=O) groups excluding carboxylic acids is 2. The highest BCUT2D eigenvalue weighted by molar-refractivity contribution is 7.92. The Kier molecular flexibility index (Phi) is 10.9. The van der Waals surface area contributed by atoms with Gasteiger partial charge in [-0.2, -0.15) is 0 Å². The third kappa shape index (κ3) is 8.26. The predicted octanol–water partition coefficient (Wildman–Crippen LogP) is 5.44. The van der Waals surface area contributed by atoms with Crippen LogP contribution < -0.4 is 9.62 Å². The van der Waals surface area contributed by atoms with Gasteiger partial charge in [0.25, 0.3) is 0 Å². The molecule has 0 saturated heterocycles. The summed E-state index contributed by atoms with van der Waals surface area (Å²) in [7, 11) is -3.62. The number of hydrogen-bond donors (Lipinski definition) is 1. The van der Waals surface area contributed by atoms with Crippen LogP contribution in [-0.4, -0.2) is 50.0 Å². The summed E-state index contributed by atoms with van der Waals surface area (Å²) in [5.41, 5.74) is 1.82. The molecule has 0 fully saturated rings. The Labute approximate surface area is 228 Å². The third-order valence-corrected chi connectivity index (χ3v) is 7.92. The molecule has 0 aliphatic heterocycles. The van der Waals surface area contributed by atoms with Gasteiger partial charge in [-0.3, -0.25) is 13.9 Å². The van der Waals surface area contributed by atoms with Crippen molar-refractivity contribution in [1.82, 2.24) is 10.2 Å². The van der Waals surface area contributed by atoms with Crippen LogP contribution in [0.1, 0.15) is 44.7 Å². The molecule has 0 unspecified atom stereocenters. The van der Waals surface area contributed by atoms with Gasteiger partial charge in [0.05, 0.1) is 22.0 Å². The van der Waals surface area contributed by atoms with E-state index in [0.717, 1.165) is 6.26 Å². The number of nitrogens with zero attached hydrogens (tertiary/aromatic N) is 2. The lowest BCUT2D eigenvalue weighted by Gasteiger charge is -2.30. The smallest absolute Gasteiger partial charge is 0.242 e. The minimum absolute atomic E-state index is 0.0340. The first-order chi connectivity index (χ1) is 16.7. The molecule has 0 bridgehead atoms. The molecule has 0 aliphatic carbocycles. The van der Waals surface area contributed by atoms with Crippen molar-refractivity contribution in [3.63, 3.8) is 0 Å². The molecule has 198 valence electrons. The van der Waals surface area contributed by atoms with Crippen molar-refractivity contribution in [2.75, 3.05) is 17.1 Å². The van der Waals surface area contributed by atoms with E-state index in [2.05, 4.69) is 5.32 Å². The topological polar surface area (TPSA) is 86.8 Å². The van der Waals surface area contributed by atoms with Crippen LogP contribution in [0, 0.1) is 6.92 Å². The van der Waals surface area contributed by atoms with E-state index in [-0.39, 0.29) is 43.8 Å². The normalized spacial score (nSPS) is 12.4. The Hall–Kier alpha value is -2.00. The van der Waals surface area contributed by atoms with Crippen molar-refractivity contribution < 1.29 is 18.0 Å². The van der Waals surface area contributed by atoms with Gasteiger partial charge in [0.2, 0.25) is 21.8 Å². The van der Waals surface area contributed by atoms with Crippen molar-refractivity contribution in [2.45, 2.75) is 59.2 Å². The number of halogens is 3. The highest BCUT2D eigenvalue weighted by Gasteiger charge is 2.27. The molecule has 0 heterocycles. The summed E-state index contributed by atoms with van der Waals surface area (Å²) in [6, 6.07) is 9.24. The Bertz CT molecular complexity index is 1210. The Morgan fingerprint density at radius 1 is 1.00 bits per heavy atom. The number of carbonyl (C=O) groups is 2. The fourth-order valence-corrected chi connectivity index (χ4v) is 5.18. The van der Waals surface area contributed by atoms with Gasteiger partial charge >= 0.3 is 0 Å². The molecule has 1 atom stereocenters. The van der Waals surface area contributed by atoms with Crippen LogP contribution in [0.4, 0.5) is 5.69 Å². The number of nitrogens with one attached hydrogen (secondary N) is 1. The van der Waals surface area contributed by atoms with Gasteiger partial charge < -0.3 is 10.2 Å². The standard InChI is InChI=1S/C25H32Cl3N3O4S/c1-16(2)29-25(33)18(4)30(15-19-11-12-21(27)22(28)14-19)24(32)10-7-13-31(36(5,34)35)23-9-6-8-20(26)17(23)3/h6,8-9,11-12,14,16,18H,7,10,13,15H2,1-5H3,(H,29,33)/t18-/m0/s1. The molecule has 0 saturated carbocycles. The molecular weight excluding hydrogens is 545 g/mol. The number of amides is 2. The van der Waals surface area contributed by atoms with Crippen molar-refractivity contribution >= 4 is 62.3 Å². The van der Waals surface area contributed by atoms with Crippen molar-refractivity contribution in [2.24, 2.45) is 0 Å². The van der Waals surface area contributed by atoms with Crippen LogP contribution >= 0.6 is 34.8 Å². The second-order valence-electron chi connectivity index (χ2n) is 8.93. The Balaban J connectivity index is 2.23. The molecule has 7 nitrogen and oxygen atoms in total. The van der Waals surface area contributed by atoms with Gasteiger partial charge in [0.15, 0.2) is 0 Å². The Morgan fingerprint density at radius 3 is 2.25 bits per heavy atom. The minimum Gasteiger partial charge on any atom is -0.352 e. The summed E-state index contributed by atoms with van der Waals surface area (Å²) >= 11 is 18.4. The van der Waals surface area contributed by atoms with Gasteiger partial charge in [0.1, 0.15) is 6.04 Å². The van der Waals surface area contributed by atoms with E-state index >= 15 is 0 Å². The Morgan fingerprint density at radius 2 is 1.67 bits per heavy atom. The molecule has 1 N–H and O–H groups in total. The van der Waals surface area contributed by atoms with Crippen molar-refractivity contribution in [1.29, 1.82) is 0 Å². The van der Waals surface area contributed by atoms with Gasteiger partial charge in [-0.1, -0.05) is 46.9 Å². The molecule has 11 heteroatoms. The zero-order valence-corrected chi connectivity index (χ0v) is 24.1. The summed E-state index contributed by atoms with van der Waals surface area (Å²) in [6.07, 6.45) is 1.39. The molecule has 0 spiro atoms. The first-order valence-electron chi connectivity index (χ1n) is 11.5. The fourth-order valence-electron chi connectivity index (χ4n) is 3.67. The second kappa shape index (κ2) is 13.0. The van der Waals surface area contributed by atoms with Gasteiger partial charge in [-0.05, 0) is 69.5 Å². The molecular formula is C25H32Cl3N3O4S. The third-order valence-electron chi connectivity index (χ3n) is 5.60. The first kappa shape index (κ1) is 30.2.